The molecule has 2 rings (SSSR count). The van der Waals surface area contributed by atoms with Gasteiger partial charge in [0.2, 0.25) is 5.91 Å². The zero-order valence-corrected chi connectivity index (χ0v) is 11.6. The molecule has 0 saturated carbocycles. The Morgan fingerprint density at radius 2 is 1.85 bits per heavy atom. The maximum atomic E-state index is 13.7. The van der Waals surface area contributed by atoms with Crippen molar-refractivity contribution in [3.63, 3.8) is 0 Å². The fourth-order valence-electron chi connectivity index (χ4n) is 1.69. The molecule has 2 aromatic carbocycles. The predicted molar refractivity (Wildman–Crippen MR) is 79.6 cm³/mol. The van der Waals surface area contributed by atoms with Crippen molar-refractivity contribution in [2.24, 2.45) is 0 Å². The lowest BCUT2D eigenvalue weighted by molar-refractivity contribution is -0.116. The summed E-state index contributed by atoms with van der Waals surface area (Å²) in [5, 5.41) is 5.56. The number of para-hydroxylation sites is 1. The van der Waals surface area contributed by atoms with Crippen molar-refractivity contribution >= 4 is 28.9 Å². The van der Waals surface area contributed by atoms with E-state index in [0.29, 0.717) is 5.69 Å². The van der Waals surface area contributed by atoms with Gasteiger partial charge in [-0.05, 0) is 31.2 Å². The molecule has 0 aliphatic carbocycles. The van der Waals surface area contributed by atoms with E-state index in [0.717, 1.165) is 0 Å². The number of halogens is 2. The molecule has 20 heavy (non-hydrogen) atoms. The minimum Gasteiger partial charge on any atom is -0.371 e. The number of benzene rings is 2. The van der Waals surface area contributed by atoms with Crippen LogP contribution in [0.1, 0.15) is 6.92 Å². The van der Waals surface area contributed by atoms with Crippen LogP contribution in [0.25, 0.3) is 0 Å². The van der Waals surface area contributed by atoms with E-state index in [-0.39, 0.29) is 16.6 Å². The van der Waals surface area contributed by atoms with Crippen molar-refractivity contribution < 1.29 is 9.18 Å². The summed E-state index contributed by atoms with van der Waals surface area (Å²) < 4.78 is 13.7. The van der Waals surface area contributed by atoms with Gasteiger partial charge in [0.1, 0.15) is 6.04 Å². The van der Waals surface area contributed by atoms with Gasteiger partial charge < -0.3 is 10.6 Å². The van der Waals surface area contributed by atoms with Crippen LogP contribution in [0, 0.1) is 5.82 Å². The quantitative estimate of drug-likeness (QED) is 0.897. The SMILES string of the molecule is CC(Nc1cccc(Cl)c1F)C(=O)Nc1ccccc1. The summed E-state index contributed by atoms with van der Waals surface area (Å²) in [6, 6.07) is 13.1. The van der Waals surface area contributed by atoms with Crippen molar-refractivity contribution in [1.29, 1.82) is 0 Å². The normalized spacial score (nSPS) is 11.8. The summed E-state index contributed by atoms with van der Waals surface area (Å²) in [4.78, 5) is 12.0. The summed E-state index contributed by atoms with van der Waals surface area (Å²) >= 11 is 5.69. The van der Waals surface area contributed by atoms with E-state index < -0.39 is 11.9 Å². The van der Waals surface area contributed by atoms with Gasteiger partial charge in [-0.1, -0.05) is 35.9 Å². The molecule has 5 heteroatoms. The van der Waals surface area contributed by atoms with Crippen LogP contribution in [0.5, 0.6) is 0 Å². The van der Waals surface area contributed by atoms with Crippen LogP contribution in [-0.4, -0.2) is 11.9 Å². The summed E-state index contributed by atoms with van der Waals surface area (Å²) in [6.07, 6.45) is 0. The number of carbonyl (C=O) groups is 1. The maximum Gasteiger partial charge on any atom is 0.246 e. The van der Waals surface area contributed by atoms with E-state index in [1.54, 1.807) is 25.1 Å². The van der Waals surface area contributed by atoms with Crippen LogP contribution in [0.3, 0.4) is 0 Å². The van der Waals surface area contributed by atoms with Crippen LogP contribution < -0.4 is 10.6 Å². The molecule has 0 fully saturated rings. The summed E-state index contributed by atoms with van der Waals surface area (Å²) in [7, 11) is 0. The second-order valence-electron chi connectivity index (χ2n) is 4.32. The van der Waals surface area contributed by atoms with Crippen LogP contribution >= 0.6 is 11.6 Å². The number of hydrogen-bond acceptors (Lipinski definition) is 2. The van der Waals surface area contributed by atoms with Crippen LogP contribution in [0.2, 0.25) is 5.02 Å². The van der Waals surface area contributed by atoms with E-state index in [9.17, 15) is 9.18 Å². The third kappa shape index (κ3) is 3.48. The van der Waals surface area contributed by atoms with Gasteiger partial charge in [0.15, 0.2) is 5.82 Å². The Balaban J connectivity index is 2.03. The number of amides is 1. The second-order valence-corrected chi connectivity index (χ2v) is 4.73. The molecule has 1 atom stereocenters. The lowest BCUT2D eigenvalue weighted by Gasteiger charge is -2.16. The lowest BCUT2D eigenvalue weighted by atomic mass is 10.2. The zero-order valence-electron chi connectivity index (χ0n) is 10.9. The van der Waals surface area contributed by atoms with Gasteiger partial charge in [-0.2, -0.15) is 0 Å². The fraction of sp³-hybridized carbons (Fsp3) is 0.133. The number of nitrogens with one attached hydrogen (secondary N) is 2. The average molecular weight is 293 g/mol. The topological polar surface area (TPSA) is 41.1 Å². The summed E-state index contributed by atoms with van der Waals surface area (Å²) in [5.41, 5.74) is 0.894. The smallest absolute Gasteiger partial charge is 0.246 e. The van der Waals surface area contributed by atoms with Gasteiger partial charge in [0, 0.05) is 5.69 Å². The molecule has 0 spiro atoms. The van der Waals surface area contributed by atoms with Gasteiger partial charge in [-0.3, -0.25) is 4.79 Å². The highest BCUT2D eigenvalue weighted by atomic mass is 35.5. The molecule has 0 aliphatic rings. The third-order valence-corrected chi connectivity index (χ3v) is 3.05. The number of rotatable bonds is 4. The Kier molecular flexibility index (Phi) is 4.58. The van der Waals surface area contributed by atoms with Gasteiger partial charge in [-0.25, -0.2) is 4.39 Å². The van der Waals surface area contributed by atoms with Crippen LogP contribution in [0.15, 0.2) is 48.5 Å². The third-order valence-electron chi connectivity index (χ3n) is 2.76. The minimum atomic E-state index is -0.594. The molecule has 0 radical (unpaired) electrons. The molecule has 0 heterocycles. The first-order chi connectivity index (χ1) is 9.58. The summed E-state index contributed by atoms with van der Waals surface area (Å²) in [6.45, 7) is 1.65. The average Bonchev–Trinajstić information content (AvgIpc) is 2.45. The highest BCUT2D eigenvalue weighted by Crippen LogP contribution is 2.22. The first kappa shape index (κ1) is 14.3. The zero-order chi connectivity index (χ0) is 14.5. The van der Waals surface area contributed by atoms with Gasteiger partial charge >= 0.3 is 0 Å². The first-order valence-electron chi connectivity index (χ1n) is 6.14. The van der Waals surface area contributed by atoms with Crippen molar-refractivity contribution in [2.45, 2.75) is 13.0 Å². The Morgan fingerprint density at radius 3 is 2.55 bits per heavy atom. The fourth-order valence-corrected chi connectivity index (χ4v) is 1.86. The monoisotopic (exact) mass is 292 g/mol. The summed E-state index contributed by atoms with van der Waals surface area (Å²) in [5.74, 6) is -0.816. The molecule has 0 aliphatic heterocycles. The van der Waals surface area contributed by atoms with E-state index in [1.807, 2.05) is 18.2 Å². The molecule has 0 aromatic heterocycles. The van der Waals surface area contributed by atoms with Gasteiger partial charge in [0.05, 0.1) is 10.7 Å². The maximum absolute atomic E-state index is 13.7. The minimum absolute atomic E-state index is 0.0191. The highest BCUT2D eigenvalue weighted by Gasteiger charge is 2.15. The Labute approximate surface area is 121 Å². The second kappa shape index (κ2) is 6.39. The van der Waals surface area contributed by atoms with Crippen molar-refractivity contribution in [1.82, 2.24) is 0 Å². The molecule has 3 nitrogen and oxygen atoms in total. The van der Waals surface area contributed by atoms with E-state index in [1.165, 1.54) is 12.1 Å². The molecule has 0 saturated heterocycles. The Morgan fingerprint density at radius 1 is 1.15 bits per heavy atom. The number of anilines is 2. The van der Waals surface area contributed by atoms with Crippen molar-refractivity contribution in [3.8, 4) is 0 Å². The number of hydrogen-bond donors (Lipinski definition) is 2. The van der Waals surface area contributed by atoms with Crippen molar-refractivity contribution in [3.05, 3.63) is 59.4 Å². The van der Waals surface area contributed by atoms with E-state index >= 15 is 0 Å². The molecular formula is C15H14ClFN2O. The molecular weight excluding hydrogens is 279 g/mol. The van der Waals surface area contributed by atoms with E-state index in [4.69, 9.17) is 11.6 Å². The highest BCUT2D eigenvalue weighted by molar-refractivity contribution is 6.31. The van der Waals surface area contributed by atoms with E-state index in [2.05, 4.69) is 10.6 Å². The molecule has 2 N–H and O–H groups in total. The standard InChI is InChI=1S/C15H14ClFN2O/c1-10(15(20)19-11-6-3-2-4-7-11)18-13-9-5-8-12(16)14(13)17/h2-10,18H,1H3,(H,19,20). The number of carbonyl (C=O) groups excluding carboxylic acids is 1. The predicted octanol–water partition coefficient (Wildman–Crippen LogP) is 3.92. The molecule has 104 valence electrons. The molecule has 2 aromatic rings. The molecule has 1 unspecified atom stereocenters. The first-order valence-corrected chi connectivity index (χ1v) is 6.52. The van der Waals surface area contributed by atoms with Crippen LogP contribution in [0.4, 0.5) is 15.8 Å². The van der Waals surface area contributed by atoms with Crippen molar-refractivity contribution in [2.75, 3.05) is 10.6 Å². The molecule has 1 amide bonds. The molecule has 0 bridgehead atoms. The Bertz CT molecular complexity index is 604. The van der Waals surface area contributed by atoms with Gasteiger partial charge in [-0.15, -0.1) is 0 Å². The largest absolute Gasteiger partial charge is 0.371 e. The lowest BCUT2D eigenvalue weighted by Crippen LogP contribution is -2.32. The van der Waals surface area contributed by atoms with Crippen LogP contribution in [-0.2, 0) is 4.79 Å². The Hall–Kier alpha value is -2.07. The van der Waals surface area contributed by atoms with Gasteiger partial charge in [0.25, 0.3) is 0 Å².